The summed E-state index contributed by atoms with van der Waals surface area (Å²) in [6, 6.07) is 11.1. The Balaban J connectivity index is 1.39. The summed E-state index contributed by atoms with van der Waals surface area (Å²) in [6.45, 7) is 2.61. The lowest BCUT2D eigenvalue weighted by Gasteiger charge is -2.31. The minimum Gasteiger partial charge on any atom is -0.349 e. The molecule has 1 aliphatic rings. The predicted octanol–water partition coefficient (Wildman–Crippen LogP) is 3.21. The molecule has 1 amide bonds. The van der Waals surface area contributed by atoms with Crippen molar-refractivity contribution >= 4 is 27.3 Å². The first-order chi connectivity index (χ1) is 14.4. The number of amides is 1. The van der Waals surface area contributed by atoms with Crippen LogP contribution in [-0.4, -0.2) is 41.3 Å². The Labute approximate surface area is 180 Å². The van der Waals surface area contributed by atoms with Gasteiger partial charge in [0.25, 0.3) is 10.0 Å². The number of nitrogens with zero attached hydrogens (tertiary/aromatic N) is 3. The molecule has 158 valence electrons. The molecule has 1 saturated heterocycles. The lowest BCUT2D eigenvalue weighted by molar-refractivity contribution is -0.126. The van der Waals surface area contributed by atoms with Gasteiger partial charge < -0.3 is 9.88 Å². The van der Waals surface area contributed by atoms with Gasteiger partial charge in [-0.05, 0) is 48.9 Å². The van der Waals surface area contributed by atoms with Gasteiger partial charge in [-0.1, -0.05) is 18.2 Å². The monoisotopic (exact) mass is 444 g/mol. The first kappa shape index (κ1) is 20.8. The number of thiophene rings is 1. The van der Waals surface area contributed by atoms with E-state index in [2.05, 4.69) is 10.3 Å². The molecule has 3 heterocycles. The summed E-state index contributed by atoms with van der Waals surface area (Å²) >= 11 is 1.21. The Bertz CT molecular complexity index is 1080. The average Bonchev–Trinajstić information content (AvgIpc) is 3.48. The lowest BCUT2D eigenvalue weighted by atomic mass is 9.98. The third kappa shape index (κ3) is 4.33. The van der Waals surface area contributed by atoms with E-state index < -0.39 is 10.0 Å². The molecule has 1 fully saturated rings. The SMILES string of the molecule is C[C@@H](NC(=O)[C@H]1CCCN(S(=O)(=O)c2cccs2)C1)c1ccc(-n2ccnc2)cc1. The fourth-order valence-corrected chi connectivity index (χ4v) is 6.34. The quantitative estimate of drug-likeness (QED) is 0.633. The van der Waals surface area contributed by atoms with Crippen molar-refractivity contribution in [2.75, 3.05) is 13.1 Å². The van der Waals surface area contributed by atoms with Crippen molar-refractivity contribution in [3.05, 3.63) is 66.1 Å². The molecular weight excluding hydrogens is 420 g/mol. The van der Waals surface area contributed by atoms with Gasteiger partial charge in [-0.15, -0.1) is 11.3 Å². The summed E-state index contributed by atoms with van der Waals surface area (Å²) in [5.41, 5.74) is 1.99. The topological polar surface area (TPSA) is 84.3 Å². The fourth-order valence-electron chi connectivity index (χ4n) is 3.67. The maximum atomic E-state index is 12.9. The summed E-state index contributed by atoms with van der Waals surface area (Å²) in [5.74, 6) is -0.451. The van der Waals surface area contributed by atoms with Crippen LogP contribution in [0.25, 0.3) is 5.69 Å². The molecule has 30 heavy (non-hydrogen) atoms. The molecule has 2 atom stereocenters. The largest absolute Gasteiger partial charge is 0.349 e. The van der Waals surface area contributed by atoms with Crippen LogP contribution in [0.2, 0.25) is 0 Å². The highest BCUT2D eigenvalue weighted by Gasteiger charge is 2.34. The molecule has 1 aromatic carbocycles. The Morgan fingerprint density at radius 3 is 2.73 bits per heavy atom. The van der Waals surface area contributed by atoms with Gasteiger partial charge in [0.2, 0.25) is 5.91 Å². The number of imidazole rings is 1. The van der Waals surface area contributed by atoms with E-state index in [0.29, 0.717) is 23.6 Å². The lowest BCUT2D eigenvalue weighted by Crippen LogP contribution is -2.45. The summed E-state index contributed by atoms with van der Waals surface area (Å²) < 4.78 is 29.3. The summed E-state index contributed by atoms with van der Waals surface area (Å²) in [6.07, 6.45) is 6.70. The standard InChI is InChI=1S/C21H24N4O3S2/c1-16(17-6-8-19(9-7-17)24-12-10-22-15-24)23-21(26)18-4-2-11-25(14-18)30(27,28)20-5-3-13-29-20/h3,5-10,12-13,15-16,18H,2,4,11,14H2,1H3,(H,23,26)/t16-,18+/m1/s1. The smallest absolute Gasteiger partial charge is 0.252 e. The molecule has 0 bridgehead atoms. The summed E-state index contributed by atoms with van der Waals surface area (Å²) in [4.78, 5) is 16.9. The second-order valence-electron chi connectivity index (χ2n) is 7.43. The van der Waals surface area contributed by atoms with E-state index in [9.17, 15) is 13.2 Å². The van der Waals surface area contributed by atoms with Crippen molar-refractivity contribution in [1.82, 2.24) is 19.2 Å². The molecule has 0 unspecified atom stereocenters. The van der Waals surface area contributed by atoms with E-state index in [1.54, 1.807) is 30.0 Å². The van der Waals surface area contributed by atoms with Crippen LogP contribution in [0.15, 0.2) is 64.7 Å². The molecule has 2 aromatic heterocycles. The van der Waals surface area contributed by atoms with E-state index in [1.165, 1.54) is 15.6 Å². The van der Waals surface area contributed by atoms with E-state index in [-0.39, 0.29) is 24.4 Å². The van der Waals surface area contributed by atoms with Crippen molar-refractivity contribution in [2.24, 2.45) is 5.92 Å². The van der Waals surface area contributed by atoms with E-state index in [1.807, 2.05) is 42.0 Å². The minimum absolute atomic E-state index is 0.104. The van der Waals surface area contributed by atoms with Crippen LogP contribution < -0.4 is 5.32 Å². The molecule has 9 heteroatoms. The number of nitrogens with one attached hydrogen (secondary N) is 1. The van der Waals surface area contributed by atoms with Gasteiger partial charge >= 0.3 is 0 Å². The van der Waals surface area contributed by atoms with Gasteiger partial charge in [0.1, 0.15) is 4.21 Å². The van der Waals surface area contributed by atoms with Gasteiger partial charge in [-0.2, -0.15) is 4.31 Å². The van der Waals surface area contributed by atoms with Gasteiger partial charge in [0.05, 0.1) is 18.3 Å². The Kier molecular flexibility index (Phi) is 6.03. The molecule has 0 spiro atoms. The number of hydrogen-bond acceptors (Lipinski definition) is 5. The molecule has 1 aliphatic heterocycles. The van der Waals surface area contributed by atoms with Crippen molar-refractivity contribution in [3.63, 3.8) is 0 Å². The highest BCUT2D eigenvalue weighted by Crippen LogP contribution is 2.27. The zero-order valence-electron chi connectivity index (χ0n) is 16.6. The minimum atomic E-state index is -3.53. The molecule has 3 aromatic rings. The third-order valence-electron chi connectivity index (χ3n) is 5.40. The molecular formula is C21H24N4O3S2. The van der Waals surface area contributed by atoms with Crippen LogP contribution in [-0.2, 0) is 14.8 Å². The summed E-state index contributed by atoms with van der Waals surface area (Å²) in [5, 5.41) is 4.80. The van der Waals surface area contributed by atoms with Gasteiger partial charge in [0, 0.05) is 31.2 Å². The zero-order chi connectivity index (χ0) is 21.1. The van der Waals surface area contributed by atoms with Crippen LogP contribution >= 0.6 is 11.3 Å². The molecule has 1 N–H and O–H groups in total. The Morgan fingerprint density at radius 2 is 2.07 bits per heavy atom. The van der Waals surface area contributed by atoms with Crippen molar-refractivity contribution in [3.8, 4) is 5.69 Å². The molecule has 0 saturated carbocycles. The van der Waals surface area contributed by atoms with Crippen molar-refractivity contribution < 1.29 is 13.2 Å². The van der Waals surface area contributed by atoms with Crippen LogP contribution in [0.1, 0.15) is 31.4 Å². The summed E-state index contributed by atoms with van der Waals surface area (Å²) in [7, 11) is -3.53. The first-order valence-electron chi connectivity index (χ1n) is 9.87. The van der Waals surface area contributed by atoms with Gasteiger partial charge in [0.15, 0.2) is 0 Å². The number of sulfonamides is 1. The highest BCUT2D eigenvalue weighted by molar-refractivity contribution is 7.91. The first-order valence-corrected chi connectivity index (χ1v) is 12.2. The highest BCUT2D eigenvalue weighted by atomic mass is 32.2. The number of benzene rings is 1. The van der Waals surface area contributed by atoms with Gasteiger partial charge in [-0.25, -0.2) is 13.4 Å². The van der Waals surface area contributed by atoms with Crippen LogP contribution in [0.5, 0.6) is 0 Å². The zero-order valence-corrected chi connectivity index (χ0v) is 18.3. The second kappa shape index (κ2) is 8.71. The fraction of sp³-hybridized carbons (Fsp3) is 0.333. The molecule has 0 aliphatic carbocycles. The maximum absolute atomic E-state index is 12.9. The number of hydrogen-bond donors (Lipinski definition) is 1. The van der Waals surface area contributed by atoms with E-state index in [4.69, 9.17) is 0 Å². The predicted molar refractivity (Wildman–Crippen MR) is 116 cm³/mol. The van der Waals surface area contributed by atoms with E-state index >= 15 is 0 Å². The number of carbonyl (C=O) groups excluding carboxylic acids is 1. The second-order valence-corrected chi connectivity index (χ2v) is 10.5. The van der Waals surface area contributed by atoms with Crippen LogP contribution in [0, 0.1) is 5.92 Å². The normalized spacial score (nSPS) is 18.8. The van der Waals surface area contributed by atoms with Crippen molar-refractivity contribution in [1.29, 1.82) is 0 Å². The number of carbonyl (C=O) groups is 1. The molecule has 7 nitrogen and oxygen atoms in total. The molecule has 4 rings (SSSR count). The van der Waals surface area contributed by atoms with Crippen molar-refractivity contribution in [2.45, 2.75) is 30.0 Å². The third-order valence-corrected chi connectivity index (χ3v) is 8.64. The molecule has 0 radical (unpaired) electrons. The van der Waals surface area contributed by atoms with E-state index in [0.717, 1.165) is 11.3 Å². The van der Waals surface area contributed by atoms with Gasteiger partial charge in [-0.3, -0.25) is 4.79 Å². The maximum Gasteiger partial charge on any atom is 0.252 e. The van der Waals surface area contributed by atoms with Crippen LogP contribution in [0.4, 0.5) is 0 Å². The van der Waals surface area contributed by atoms with Crippen LogP contribution in [0.3, 0.4) is 0 Å². The number of rotatable bonds is 6. The average molecular weight is 445 g/mol. The number of aromatic nitrogens is 2. The number of piperidine rings is 1. The Hall–Kier alpha value is -2.49. The Morgan fingerprint density at radius 1 is 1.27 bits per heavy atom.